The van der Waals surface area contributed by atoms with Crippen molar-refractivity contribution in [3.05, 3.63) is 69.8 Å². The third-order valence-corrected chi connectivity index (χ3v) is 3.71. The highest BCUT2D eigenvalue weighted by molar-refractivity contribution is 5.79. The molecule has 9 heteroatoms. The van der Waals surface area contributed by atoms with Crippen LogP contribution >= 0.6 is 0 Å². The van der Waals surface area contributed by atoms with Crippen LogP contribution in [0.1, 0.15) is 11.1 Å². The van der Waals surface area contributed by atoms with Gasteiger partial charge in [-0.05, 0) is 23.3 Å². The van der Waals surface area contributed by atoms with E-state index in [9.17, 15) is 18.9 Å². The number of nitrogens with zero attached hydrogens (tertiary/aromatic N) is 3. The lowest BCUT2D eigenvalue weighted by molar-refractivity contribution is -0.384. The predicted octanol–water partition coefficient (Wildman–Crippen LogP) is 3.40. The molecule has 0 saturated carbocycles. The summed E-state index contributed by atoms with van der Waals surface area (Å²) < 4.78 is 28.7. The van der Waals surface area contributed by atoms with Crippen LogP contribution in [0.3, 0.4) is 0 Å². The van der Waals surface area contributed by atoms with Crippen LogP contribution in [0.25, 0.3) is 0 Å². The van der Waals surface area contributed by atoms with Crippen molar-refractivity contribution in [2.45, 2.75) is 19.7 Å². The molecular formula is C18H20F2N4O3. The minimum Gasteiger partial charge on any atom is -0.435 e. The zero-order valence-corrected chi connectivity index (χ0v) is 14.9. The number of hydrogen-bond acceptors (Lipinski definition) is 4. The number of hydrogen-bond donors (Lipinski definition) is 1. The molecule has 0 unspecified atom stereocenters. The first kappa shape index (κ1) is 20.1. The molecule has 0 heterocycles. The van der Waals surface area contributed by atoms with Gasteiger partial charge in [-0.1, -0.05) is 24.3 Å². The van der Waals surface area contributed by atoms with E-state index in [4.69, 9.17) is 0 Å². The van der Waals surface area contributed by atoms with E-state index in [0.29, 0.717) is 19.0 Å². The number of aliphatic imine (C=N–C) groups is 1. The molecule has 7 nitrogen and oxygen atoms in total. The van der Waals surface area contributed by atoms with Crippen LogP contribution in [-0.2, 0) is 13.1 Å². The van der Waals surface area contributed by atoms with Crippen LogP contribution in [0, 0.1) is 10.1 Å². The first-order valence-corrected chi connectivity index (χ1v) is 8.08. The van der Waals surface area contributed by atoms with Crippen molar-refractivity contribution in [2.75, 3.05) is 14.1 Å². The fourth-order valence-electron chi connectivity index (χ4n) is 2.47. The number of nitrogens with one attached hydrogen (secondary N) is 1. The summed E-state index contributed by atoms with van der Waals surface area (Å²) in [6.07, 6.45) is 0. The van der Waals surface area contributed by atoms with E-state index >= 15 is 0 Å². The average molecular weight is 378 g/mol. The van der Waals surface area contributed by atoms with Gasteiger partial charge in [0.1, 0.15) is 5.75 Å². The monoisotopic (exact) mass is 378 g/mol. The predicted molar refractivity (Wildman–Crippen MR) is 97.8 cm³/mol. The van der Waals surface area contributed by atoms with Crippen LogP contribution in [0.4, 0.5) is 14.5 Å². The molecule has 27 heavy (non-hydrogen) atoms. The maximum atomic E-state index is 12.2. The van der Waals surface area contributed by atoms with Crippen molar-refractivity contribution < 1.29 is 18.4 Å². The van der Waals surface area contributed by atoms with Crippen LogP contribution in [0.15, 0.2) is 53.5 Å². The second-order valence-electron chi connectivity index (χ2n) is 5.71. The Bertz CT molecular complexity index is 797. The summed E-state index contributed by atoms with van der Waals surface area (Å²) in [6, 6.07) is 12.7. The molecule has 0 saturated heterocycles. The van der Waals surface area contributed by atoms with E-state index in [0.717, 1.165) is 11.1 Å². The van der Waals surface area contributed by atoms with Crippen molar-refractivity contribution in [2.24, 2.45) is 4.99 Å². The first-order chi connectivity index (χ1) is 12.9. The number of nitro groups is 1. The Morgan fingerprint density at radius 2 is 1.96 bits per heavy atom. The molecule has 2 rings (SSSR count). The summed E-state index contributed by atoms with van der Waals surface area (Å²) in [7, 11) is 3.46. The number of non-ortho nitro benzene ring substituents is 1. The molecule has 144 valence electrons. The summed E-state index contributed by atoms with van der Waals surface area (Å²) in [5.74, 6) is 0.694. The van der Waals surface area contributed by atoms with Crippen LogP contribution < -0.4 is 10.1 Å². The molecule has 0 fully saturated rings. The van der Waals surface area contributed by atoms with Gasteiger partial charge in [-0.3, -0.25) is 15.1 Å². The number of rotatable bonds is 7. The lowest BCUT2D eigenvalue weighted by Crippen LogP contribution is -2.38. The van der Waals surface area contributed by atoms with Crippen LogP contribution in [0.2, 0.25) is 0 Å². The molecule has 0 aliphatic rings. The zero-order chi connectivity index (χ0) is 19.8. The second-order valence-corrected chi connectivity index (χ2v) is 5.71. The lowest BCUT2D eigenvalue weighted by atomic mass is 10.2. The van der Waals surface area contributed by atoms with Gasteiger partial charge in [0.2, 0.25) is 0 Å². The molecule has 0 aliphatic carbocycles. The fourth-order valence-corrected chi connectivity index (χ4v) is 2.47. The van der Waals surface area contributed by atoms with E-state index in [-0.39, 0.29) is 11.4 Å². The van der Waals surface area contributed by atoms with Gasteiger partial charge in [-0.25, -0.2) is 0 Å². The molecular weight excluding hydrogens is 358 g/mol. The Kier molecular flexibility index (Phi) is 7.04. The quantitative estimate of drug-likeness (QED) is 0.346. The third kappa shape index (κ3) is 6.21. The summed E-state index contributed by atoms with van der Waals surface area (Å²) in [5.41, 5.74) is 1.67. The normalized spacial score (nSPS) is 11.4. The number of guanidine groups is 1. The number of benzene rings is 2. The molecule has 0 amide bonds. The van der Waals surface area contributed by atoms with Gasteiger partial charge in [0.25, 0.3) is 5.69 Å². The molecule has 0 spiro atoms. The van der Waals surface area contributed by atoms with Crippen LogP contribution in [0.5, 0.6) is 5.75 Å². The number of nitro benzene ring substituents is 1. The standard InChI is InChI=1S/C18H20F2N4O3/c1-21-18(22-11-14-4-3-5-15(10-14)24(25)26)23(2)12-13-6-8-16(9-7-13)27-17(19)20/h3-10,17H,11-12H2,1-2H3,(H,21,22). The van der Waals surface area contributed by atoms with Gasteiger partial charge in [0.05, 0.1) is 4.92 Å². The van der Waals surface area contributed by atoms with Gasteiger partial charge in [0.15, 0.2) is 5.96 Å². The van der Waals surface area contributed by atoms with Crippen molar-refractivity contribution in [1.29, 1.82) is 0 Å². The minimum atomic E-state index is -2.85. The Morgan fingerprint density at radius 3 is 2.56 bits per heavy atom. The summed E-state index contributed by atoms with van der Waals surface area (Å²) in [6.45, 7) is -1.99. The molecule has 1 N–H and O–H groups in total. The van der Waals surface area contributed by atoms with Gasteiger partial charge in [-0.15, -0.1) is 0 Å². The second kappa shape index (κ2) is 9.46. The van der Waals surface area contributed by atoms with Gasteiger partial charge >= 0.3 is 6.61 Å². The number of ether oxygens (including phenoxy) is 1. The van der Waals surface area contributed by atoms with E-state index < -0.39 is 11.5 Å². The fraction of sp³-hybridized carbons (Fsp3) is 0.278. The highest BCUT2D eigenvalue weighted by Crippen LogP contribution is 2.16. The molecule has 0 atom stereocenters. The Morgan fingerprint density at radius 1 is 1.26 bits per heavy atom. The Hall–Kier alpha value is -3.23. The molecule has 2 aromatic carbocycles. The first-order valence-electron chi connectivity index (χ1n) is 8.08. The summed E-state index contributed by atoms with van der Waals surface area (Å²) >= 11 is 0. The lowest BCUT2D eigenvalue weighted by Gasteiger charge is -2.22. The molecule has 2 aromatic rings. The molecule has 0 aliphatic heterocycles. The molecule has 0 bridgehead atoms. The van der Waals surface area contributed by atoms with E-state index in [1.165, 1.54) is 24.3 Å². The van der Waals surface area contributed by atoms with Crippen molar-refractivity contribution in [1.82, 2.24) is 10.2 Å². The average Bonchev–Trinajstić information content (AvgIpc) is 2.63. The Balaban J connectivity index is 1.94. The van der Waals surface area contributed by atoms with E-state index in [1.807, 2.05) is 11.9 Å². The van der Waals surface area contributed by atoms with Gasteiger partial charge in [0, 0.05) is 39.3 Å². The third-order valence-electron chi connectivity index (χ3n) is 3.71. The van der Waals surface area contributed by atoms with Gasteiger partial charge in [-0.2, -0.15) is 8.78 Å². The van der Waals surface area contributed by atoms with Crippen molar-refractivity contribution >= 4 is 11.6 Å². The maximum absolute atomic E-state index is 12.2. The molecule has 0 aromatic heterocycles. The van der Waals surface area contributed by atoms with Crippen molar-refractivity contribution in [3.63, 3.8) is 0 Å². The SMILES string of the molecule is CN=C(NCc1cccc([N+](=O)[O-])c1)N(C)Cc1ccc(OC(F)F)cc1. The van der Waals surface area contributed by atoms with Crippen molar-refractivity contribution in [3.8, 4) is 5.75 Å². The molecule has 0 radical (unpaired) electrons. The van der Waals surface area contributed by atoms with Crippen LogP contribution in [-0.4, -0.2) is 36.5 Å². The Labute approximate surface area is 155 Å². The zero-order valence-electron chi connectivity index (χ0n) is 14.9. The highest BCUT2D eigenvalue weighted by atomic mass is 19.3. The largest absolute Gasteiger partial charge is 0.435 e. The summed E-state index contributed by atoms with van der Waals surface area (Å²) in [4.78, 5) is 16.4. The highest BCUT2D eigenvalue weighted by Gasteiger charge is 2.10. The van der Waals surface area contributed by atoms with Gasteiger partial charge < -0.3 is 15.0 Å². The number of halogens is 2. The smallest absolute Gasteiger partial charge is 0.387 e. The number of alkyl halides is 2. The summed E-state index contributed by atoms with van der Waals surface area (Å²) in [5, 5.41) is 14.0. The minimum absolute atomic E-state index is 0.0312. The topological polar surface area (TPSA) is 80.0 Å². The maximum Gasteiger partial charge on any atom is 0.387 e. The van der Waals surface area contributed by atoms with E-state index in [1.54, 1.807) is 31.3 Å². The van der Waals surface area contributed by atoms with E-state index in [2.05, 4.69) is 15.0 Å².